The maximum atomic E-state index is 13.2. The van der Waals surface area contributed by atoms with Gasteiger partial charge in [-0.3, -0.25) is 4.79 Å². The molecule has 0 saturated carbocycles. The molecule has 6 rings (SSSR count). The van der Waals surface area contributed by atoms with Gasteiger partial charge in [-0.2, -0.15) is 0 Å². The molecule has 0 aliphatic carbocycles. The first kappa shape index (κ1) is 25.3. The van der Waals surface area contributed by atoms with Crippen LogP contribution in [-0.4, -0.2) is 44.3 Å². The first-order valence-electron chi connectivity index (χ1n) is 13.8. The number of para-hydroxylation sites is 1. The number of benzene rings is 3. The Morgan fingerprint density at radius 1 is 0.974 bits per heavy atom. The summed E-state index contributed by atoms with van der Waals surface area (Å²) in [4.78, 5) is 16.6. The molecule has 8 heteroatoms. The van der Waals surface area contributed by atoms with Crippen LogP contribution in [0.5, 0.6) is 0 Å². The fourth-order valence-corrected chi connectivity index (χ4v) is 5.72. The summed E-state index contributed by atoms with van der Waals surface area (Å²) in [6, 6.07) is 22.8. The van der Waals surface area contributed by atoms with E-state index in [2.05, 4.69) is 97.2 Å². The minimum atomic E-state index is -0.863. The Bertz CT molecular complexity index is 1610. The Labute approximate surface area is 228 Å². The molecule has 1 amide bonds. The van der Waals surface area contributed by atoms with Crippen molar-refractivity contribution in [3.05, 3.63) is 95.7 Å². The lowest BCUT2D eigenvalue weighted by Crippen LogP contribution is -2.59. The summed E-state index contributed by atoms with van der Waals surface area (Å²) in [6.45, 7) is 4.07. The Kier molecular flexibility index (Phi) is 6.89. The van der Waals surface area contributed by atoms with Crippen molar-refractivity contribution in [2.24, 2.45) is 5.73 Å². The van der Waals surface area contributed by atoms with E-state index in [0.29, 0.717) is 19.4 Å². The van der Waals surface area contributed by atoms with Gasteiger partial charge in [0, 0.05) is 23.5 Å². The van der Waals surface area contributed by atoms with E-state index < -0.39 is 5.54 Å². The van der Waals surface area contributed by atoms with Gasteiger partial charge in [0.1, 0.15) is 5.82 Å². The second-order valence-electron chi connectivity index (χ2n) is 10.7. The van der Waals surface area contributed by atoms with Gasteiger partial charge in [-0.15, -0.1) is 10.2 Å². The third-order valence-electron chi connectivity index (χ3n) is 8.04. The molecule has 0 radical (unpaired) electrons. The predicted molar refractivity (Wildman–Crippen MR) is 154 cm³/mol. The van der Waals surface area contributed by atoms with Crippen LogP contribution in [0.3, 0.4) is 0 Å². The number of piperidine rings is 1. The lowest BCUT2D eigenvalue weighted by Gasteiger charge is -2.33. The quantitative estimate of drug-likeness (QED) is 0.246. The van der Waals surface area contributed by atoms with Crippen LogP contribution in [0.1, 0.15) is 48.6 Å². The summed E-state index contributed by atoms with van der Waals surface area (Å²) in [7, 11) is 0. The minimum Gasteiger partial charge on any atom is -0.361 e. The van der Waals surface area contributed by atoms with Gasteiger partial charge in [-0.1, -0.05) is 60.7 Å². The second kappa shape index (κ2) is 10.6. The number of aromatic amines is 1. The second-order valence-corrected chi connectivity index (χ2v) is 10.7. The van der Waals surface area contributed by atoms with Gasteiger partial charge in [0.05, 0.1) is 18.1 Å². The zero-order chi connectivity index (χ0) is 26.8. The lowest BCUT2D eigenvalue weighted by molar-refractivity contribution is -0.128. The van der Waals surface area contributed by atoms with Gasteiger partial charge < -0.3 is 25.9 Å². The van der Waals surface area contributed by atoms with Crippen LogP contribution in [0.2, 0.25) is 0 Å². The molecule has 5 aromatic rings. The molecule has 39 heavy (non-hydrogen) atoms. The molecule has 3 aromatic carbocycles. The standard InChI is InChI=1S/C31H35N7O/c1-21(35-30(39)31(32)15-17-33-18-16-31)29-37-36-28(14-13-23-19-34-27-12-5-4-11-26(23)27)38(29)20-24-9-6-8-22-7-2-3-10-25(22)24/h2-12,19,21,33-34H,13-18,20,32H2,1H3,(H,35,39)/t21-/m1/s1. The van der Waals surface area contributed by atoms with Gasteiger partial charge in [0.15, 0.2) is 5.82 Å². The van der Waals surface area contributed by atoms with Crippen molar-refractivity contribution in [3.63, 3.8) is 0 Å². The van der Waals surface area contributed by atoms with Crippen molar-refractivity contribution < 1.29 is 4.79 Å². The van der Waals surface area contributed by atoms with Crippen molar-refractivity contribution in [2.75, 3.05) is 13.1 Å². The summed E-state index contributed by atoms with van der Waals surface area (Å²) < 4.78 is 2.17. The largest absolute Gasteiger partial charge is 0.361 e. The highest BCUT2D eigenvalue weighted by Crippen LogP contribution is 2.25. The molecule has 1 atom stereocenters. The van der Waals surface area contributed by atoms with Gasteiger partial charge >= 0.3 is 0 Å². The van der Waals surface area contributed by atoms with Crippen LogP contribution in [0.4, 0.5) is 0 Å². The number of nitrogens with two attached hydrogens (primary N) is 1. The average molecular weight is 522 g/mol. The van der Waals surface area contributed by atoms with Crippen molar-refractivity contribution >= 4 is 27.6 Å². The molecule has 1 saturated heterocycles. The van der Waals surface area contributed by atoms with E-state index in [4.69, 9.17) is 5.73 Å². The molecule has 1 fully saturated rings. The van der Waals surface area contributed by atoms with Gasteiger partial charge in [-0.05, 0) is 67.2 Å². The monoisotopic (exact) mass is 521 g/mol. The van der Waals surface area contributed by atoms with Crippen LogP contribution in [0.25, 0.3) is 21.7 Å². The number of amides is 1. The maximum absolute atomic E-state index is 13.2. The van der Waals surface area contributed by atoms with E-state index in [1.807, 2.05) is 13.0 Å². The summed E-state index contributed by atoms with van der Waals surface area (Å²) in [5, 5.41) is 19.3. The first-order valence-corrected chi connectivity index (χ1v) is 13.8. The molecule has 200 valence electrons. The van der Waals surface area contributed by atoms with Crippen LogP contribution in [0, 0.1) is 0 Å². The maximum Gasteiger partial charge on any atom is 0.240 e. The highest BCUT2D eigenvalue weighted by molar-refractivity contribution is 5.87. The van der Waals surface area contributed by atoms with Crippen molar-refractivity contribution in [3.8, 4) is 0 Å². The zero-order valence-corrected chi connectivity index (χ0v) is 22.3. The fourth-order valence-electron chi connectivity index (χ4n) is 5.72. The van der Waals surface area contributed by atoms with Gasteiger partial charge in [0.25, 0.3) is 0 Å². The van der Waals surface area contributed by atoms with E-state index in [0.717, 1.165) is 43.1 Å². The van der Waals surface area contributed by atoms with E-state index >= 15 is 0 Å². The van der Waals surface area contributed by atoms with Gasteiger partial charge in [-0.25, -0.2) is 0 Å². The molecule has 0 bridgehead atoms. The number of hydrogen-bond acceptors (Lipinski definition) is 5. The number of hydrogen-bond donors (Lipinski definition) is 4. The Morgan fingerprint density at radius 3 is 2.56 bits per heavy atom. The molecule has 0 spiro atoms. The molecule has 5 N–H and O–H groups in total. The molecule has 0 unspecified atom stereocenters. The summed E-state index contributed by atoms with van der Waals surface area (Å²) in [6.07, 6.45) is 4.87. The Morgan fingerprint density at radius 2 is 1.72 bits per heavy atom. The Balaban J connectivity index is 1.31. The number of rotatable bonds is 8. The fraction of sp³-hybridized carbons (Fsp3) is 0.323. The molecule has 3 heterocycles. The lowest BCUT2D eigenvalue weighted by atomic mass is 9.88. The van der Waals surface area contributed by atoms with Crippen LogP contribution in [0.15, 0.2) is 72.9 Å². The van der Waals surface area contributed by atoms with Crippen LogP contribution >= 0.6 is 0 Å². The van der Waals surface area contributed by atoms with Crippen molar-refractivity contribution in [1.82, 2.24) is 30.4 Å². The number of fused-ring (bicyclic) bond motifs is 2. The molecule has 2 aromatic heterocycles. The summed E-state index contributed by atoms with van der Waals surface area (Å²) in [5.74, 6) is 1.51. The average Bonchev–Trinajstić information content (AvgIpc) is 3.56. The van der Waals surface area contributed by atoms with Gasteiger partial charge in [0.2, 0.25) is 5.91 Å². The molecule has 1 aliphatic rings. The van der Waals surface area contributed by atoms with E-state index in [-0.39, 0.29) is 11.9 Å². The minimum absolute atomic E-state index is 0.128. The number of aromatic nitrogens is 4. The summed E-state index contributed by atoms with van der Waals surface area (Å²) in [5.41, 5.74) is 9.22. The molecular weight excluding hydrogens is 486 g/mol. The number of carbonyl (C=O) groups excluding carboxylic acids is 1. The highest BCUT2D eigenvalue weighted by atomic mass is 16.2. The van der Waals surface area contributed by atoms with E-state index in [1.54, 1.807) is 0 Å². The topological polar surface area (TPSA) is 114 Å². The van der Waals surface area contributed by atoms with Crippen LogP contribution < -0.4 is 16.4 Å². The SMILES string of the molecule is C[C@@H](NC(=O)C1(N)CCNCC1)c1nnc(CCc2c[nH]c3ccccc23)n1Cc1cccc2ccccc12. The smallest absolute Gasteiger partial charge is 0.240 e. The number of H-pyrrole nitrogens is 1. The number of aryl methyl sites for hydroxylation is 2. The Hall–Kier alpha value is -4.01. The summed E-state index contributed by atoms with van der Waals surface area (Å²) >= 11 is 0. The zero-order valence-electron chi connectivity index (χ0n) is 22.3. The molecular formula is C31H35N7O. The molecule has 8 nitrogen and oxygen atoms in total. The third-order valence-corrected chi connectivity index (χ3v) is 8.04. The normalized spacial score (nSPS) is 15.9. The third kappa shape index (κ3) is 5.05. The first-order chi connectivity index (χ1) is 19.0. The molecule has 1 aliphatic heterocycles. The van der Waals surface area contributed by atoms with Crippen molar-refractivity contribution in [2.45, 2.75) is 50.7 Å². The number of carbonyl (C=O) groups is 1. The number of nitrogens with one attached hydrogen (secondary N) is 3. The van der Waals surface area contributed by atoms with E-state index in [9.17, 15) is 4.79 Å². The van der Waals surface area contributed by atoms with Crippen molar-refractivity contribution in [1.29, 1.82) is 0 Å². The predicted octanol–water partition coefficient (Wildman–Crippen LogP) is 4.00. The number of nitrogens with zero attached hydrogens (tertiary/aromatic N) is 3. The van der Waals surface area contributed by atoms with Crippen LogP contribution in [-0.2, 0) is 24.2 Å². The van der Waals surface area contributed by atoms with E-state index in [1.165, 1.54) is 27.3 Å². The highest BCUT2D eigenvalue weighted by Gasteiger charge is 2.36.